The number of carbonyl (C=O) groups is 1. The summed E-state index contributed by atoms with van der Waals surface area (Å²) in [5.74, 6) is -0.0602. The molecule has 0 spiro atoms. The molecule has 0 saturated carbocycles. The number of anilines is 1. The lowest BCUT2D eigenvalue weighted by atomic mass is 9.69. The van der Waals surface area contributed by atoms with Crippen molar-refractivity contribution < 1.29 is 22.3 Å². The van der Waals surface area contributed by atoms with Crippen molar-refractivity contribution in [2.45, 2.75) is 24.2 Å². The van der Waals surface area contributed by atoms with Crippen molar-refractivity contribution in [3.63, 3.8) is 0 Å². The second kappa shape index (κ2) is 8.77. The number of methoxy groups -OCH3 is 1. The van der Waals surface area contributed by atoms with Gasteiger partial charge in [0, 0.05) is 32.4 Å². The van der Waals surface area contributed by atoms with Gasteiger partial charge in [0.2, 0.25) is 10.0 Å². The van der Waals surface area contributed by atoms with Gasteiger partial charge >= 0.3 is 5.97 Å². The third kappa shape index (κ3) is 3.84. The van der Waals surface area contributed by atoms with Crippen LogP contribution in [0.3, 0.4) is 0 Å². The van der Waals surface area contributed by atoms with Crippen molar-refractivity contribution in [1.29, 1.82) is 0 Å². The van der Waals surface area contributed by atoms with Crippen LogP contribution in [0.25, 0.3) is 11.8 Å². The molecule has 6 rings (SSSR count). The van der Waals surface area contributed by atoms with Crippen LogP contribution in [0.5, 0.6) is 0 Å². The zero-order chi connectivity index (χ0) is 25.8. The minimum Gasteiger partial charge on any atom is -0.468 e. The monoisotopic (exact) mass is 523 g/mol. The summed E-state index contributed by atoms with van der Waals surface area (Å²) in [6.07, 6.45) is 6.68. The number of piperidine rings is 1. The molecule has 1 aliphatic carbocycles. The fraction of sp³-hybridized carbons (Fsp3) is 0.346. The normalized spacial score (nSPS) is 21.5. The Hall–Kier alpha value is -3.57. The highest BCUT2D eigenvalue weighted by molar-refractivity contribution is 7.89. The second-order valence-electron chi connectivity index (χ2n) is 9.64. The van der Waals surface area contributed by atoms with Gasteiger partial charge in [0.1, 0.15) is 21.9 Å². The lowest BCUT2D eigenvalue weighted by molar-refractivity contribution is -0.151. The van der Waals surface area contributed by atoms with Gasteiger partial charge in [0.15, 0.2) is 0 Å². The Bertz CT molecular complexity index is 1500. The molecule has 2 aromatic heterocycles. The number of hydrogen-bond acceptors (Lipinski definition) is 7. The number of fused-ring (bicyclic) bond motifs is 2. The van der Waals surface area contributed by atoms with Gasteiger partial charge < -0.3 is 9.64 Å². The summed E-state index contributed by atoms with van der Waals surface area (Å²) >= 11 is 0. The summed E-state index contributed by atoms with van der Waals surface area (Å²) in [6, 6.07) is 9.32. The van der Waals surface area contributed by atoms with E-state index in [1.807, 2.05) is 6.08 Å². The van der Waals surface area contributed by atoms with Gasteiger partial charge in [-0.2, -0.15) is 9.40 Å². The number of halogens is 1. The number of hydrogen-bond donors (Lipinski definition) is 0. The van der Waals surface area contributed by atoms with Crippen LogP contribution in [-0.2, 0) is 26.0 Å². The molecule has 2 saturated heterocycles. The largest absolute Gasteiger partial charge is 0.468 e. The molecule has 3 aliphatic rings. The Morgan fingerprint density at radius 3 is 2.51 bits per heavy atom. The minimum atomic E-state index is -3.88. The number of ether oxygens (including phenoxy) is 1. The molecule has 11 heteroatoms. The number of pyridine rings is 1. The highest BCUT2D eigenvalue weighted by atomic mass is 32.2. The van der Waals surface area contributed by atoms with Crippen LogP contribution in [0.15, 0.2) is 59.3 Å². The molecule has 0 radical (unpaired) electrons. The molecule has 2 fully saturated rings. The van der Waals surface area contributed by atoms with E-state index in [0.717, 1.165) is 42.2 Å². The third-order valence-corrected chi connectivity index (χ3v) is 9.40. The lowest BCUT2D eigenvalue weighted by Crippen LogP contribution is -2.53. The van der Waals surface area contributed by atoms with Crippen molar-refractivity contribution in [2.24, 2.45) is 5.41 Å². The van der Waals surface area contributed by atoms with E-state index in [0.29, 0.717) is 12.1 Å². The van der Waals surface area contributed by atoms with E-state index in [1.54, 1.807) is 35.1 Å². The highest BCUT2D eigenvalue weighted by Crippen LogP contribution is 2.46. The number of sulfonamides is 1. The van der Waals surface area contributed by atoms with E-state index >= 15 is 0 Å². The number of nitrogens with zero attached hydrogens (tertiary/aromatic N) is 5. The van der Waals surface area contributed by atoms with Crippen LogP contribution < -0.4 is 4.90 Å². The molecule has 37 heavy (non-hydrogen) atoms. The molecule has 4 heterocycles. The molecular weight excluding hydrogens is 497 g/mol. The molecule has 0 bridgehead atoms. The average molecular weight is 524 g/mol. The predicted octanol–water partition coefficient (Wildman–Crippen LogP) is 2.81. The maximum atomic E-state index is 13.6. The van der Waals surface area contributed by atoms with E-state index in [9.17, 15) is 17.6 Å². The summed E-state index contributed by atoms with van der Waals surface area (Å²) in [5, 5.41) is 4.47. The average Bonchev–Trinajstić information content (AvgIpc) is 3.28. The quantitative estimate of drug-likeness (QED) is 0.475. The third-order valence-electron chi connectivity index (χ3n) is 7.57. The van der Waals surface area contributed by atoms with Crippen molar-refractivity contribution in [1.82, 2.24) is 19.1 Å². The second-order valence-corrected chi connectivity index (χ2v) is 11.6. The van der Waals surface area contributed by atoms with Crippen LogP contribution in [0.4, 0.5) is 10.2 Å². The predicted molar refractivity (Wildman–Crippen MR) is 134 cm³/mol. The Labute approximate surface area is 214 Å². The minimum absolute atomic E-state index is 0.0388. The SMILES string of the molecule is COC(=O)[C@]12Cc3cnn(-c4ccc(F)cc4)c3C=C1CCN(S(=O)(=O)c1ccc(N3CCC3)nc1)C2. The molecule has 2 aliphatic heterocycles. The Balaban J connectivity index is 1.33. The lowest BCUT2D eigenvalue weighted by Gasteiger charge is -2.43. The van der Waals surface area contributed by atoms with Crippen LogP contribution in [0.2, 0.25) is 0 Å². The van der Waals surface area contributed by atoms with Gasteiger partial charge in [-0.15, -0.1) is 0 Å². The van der Waals surface area contributed by atoms with Crippen molar-refractivity contribution >= 4 is 27.9 Å². The van der Waals surface area contributed by atoms with Crippen LogP contribution in [-0.4, -0.2) is 66.7 Å². The first-order valence-electron chi connectivity index (χ1n) is 12.2. The Morgan fingerprint density at radius 2 is 1.86 bits per heavy atom. The maximum absolute atomic E-state index is 13.6. The van der Waals surface area contributed by atoms with E-state index in [-0.39, 0.29) is 30.2 Å². The zero-order valence-electron chi connectivity index (χ0n) is 20.3. The zero-order valence-corrected chi connectivity index (χ0v) is 21.1. The van der Waals surface area contributed by atoms with Gasteiger partial charge in [0.25, 0.3) is 0 Å². The van der Waals surface area contributed by atoms with E-state index in [1.165, 1.54) is 29.7 Å². The van der Waals surface area contributed by atoms with E-state index < -0.39 is 21.4 Å². The van der Waals surface area contributed by atoms with Crippen LogP contribution in [0.1, 0.15) is 24.1 Å². The summed E-state index contributed by atoms with van der Waals surface area (Å²) < 4.78 is 48.9. The van der Waals surface area contributed by atoms with Crippen LogP contribution in [0, 0.1) is 11.2 Å². The molecule has 0 amide bonds. The molecule has 9 nitrogen and oxygen atoms in total. The highest BCUT2D eigenvalue weighted by Gasteiger charge is 2.51. The van der Waals surface area contributed by atoms with Gasteiger partial charge in [-0.25, -0.2) is 22.5 Å². The van der Waals surface area contributed by atoms with Crippen molar-refractivity contribution in [3.8, 4) is 5.69 Å². The maximum Gasteiger partial charge on any atom is 0.317 e. The van der Waals surface area contributed by atoms with Crippen molar-refractivity contribution in [3.05, 3.63) is 71.4 Å². The molecule has 192 valence electrons. The smallest absolute Gasteiger partial charge is 0.317 e. The molecular formula is C26H26FN5O4S. The number of rotatable bonds is 5. The number of benzene rings is 1. The topological polar surface area (TPSA) is 97.6 Å². The first-order chi connectivity index (χ1) is 17.8. The molecule has 3 aromatic rings. The van der Waals surface area contributed by atoms with Gasteiger partial charge in [-0.3, -0.25) is 4.79 Å². The van der Waals surface area contributed by atoms with Crippen LogP contribution >= 0.6 is 0 Å². The fourth-order valence-corrected chi connectivity index (χ4v) is 6.83. The number of esters is 1. The first-order valence-corrected chi connectivity index (χ1v) is 13.6. The summed E-state index contributed by atoms with van der Waals surface area (Å²) in [7, 11) is -2.56. The number of carbonyl (C=O) groups excluding carboxylic acids is 1. The molecule has 0 N–H and O–H groups in total. The van der Waals surface area contributed by atoms with E-state index in [4.69, 9.17) is 4.74 Å². The summed E-state index contributed by atoms with van der Waals surface area (Å²) in [5.41, 5.74) is 1.92. The first kappa shape index (κ1) is 23.8. The summed E-state index contributed by atoms with van der Waals surface area (Å²) in [4.78, 5) is 19.8. The molecule has 1 aromatic carbocycles. The molecule has 1 atom stereocenters. The number of aromatic nitrogens is 3. The van der Waals surface area contributed by atoms with E-state index in [2.05, 4.69) is 15.0 Å². The molecule has 0 unspecified atom stereocenters. The Kier molecular flexibility index (Phi) is 5.64. The van der Waals surface area contributed by atoms with Gasteiger partial charge in [0.05, 0.1) is 24.7 Å². The van der Waals surface area contributed by atoms with Gasteiger partial charge in [-0.1, -0.05) is 0 Å². The Morgan fingerprint density at radius 1 is 1.08 bits per heavy atom. The van der Waals surface area contributed by atoms with Gasteiger partial charge in [-0.05, 0) is 72.9 Å². The fourth-order valence-electron chi connectivity index (χ4n) is 5.38. The van der Waals surface area contributed by atoms with Crippen molar-refractivity contribution in [2.75, 3.05) is 38.2 Å². The standard InChI is InChI=1S/C26H26FN5O4S/c1-36-25(33)26-14-18-15-29-32(21-5-3-20(27)4-6-21)23(18)13-19(26)9-12-31(17-26)37(34,35)22-7-8-24(28-16-22)30-10-2-11-30/h3-8,13,15-16H,2,9-12,14,17H2,1H3/t26-/m0/s1. The summed E-state index contributed by atoms with van der Waals surface area (Å²) in [6.45, 7) is 2.02.